The second-order valence-corrected chi connectivity index (χ2v) is 5.13. The maximum Gasteiger partial charge on any atom is 0.271 e. The second kappa shape index (κ2) is 4.93. The molecule has 7 heteroatoms. The van der Waals surface area contributed by atoms with Crippen molar-refractivity contribution in [1.29, 1.82) is 0 Å². The Morgan fingerprint density at radius 3 is 3.11 bits per heavy atom. The molecule has 0 saturated carbocycles. The van der Waals surface area contributed by atoms with E-state index in [1.165, 1.54) is 17.7 Å². The molecule has 0 spiro atoms. The van der Waals surface area contributed by atoms with Gasteiger partial charge in [0, 0.05) is 6.54 Å². The summed E-state index contributed by atoms with van der Waals surface area (Å²) in [4.78, 5) is 20.7. The number of thiophene rings is 1. The molecule has 0 aliphatic rings. The van der Waals surface area contributed by atoms with E-state index in [2.05, 4.69) is 22.0 Å². The molecule has 0 bridgehead atoms. The van der Waals surface area contributed by atoms with Crippen molar-refractivity contribution in [3.05, 3.63) is 40.3 Å². The lowest BCUT2D eigenvalue weighted by molar-refractivity contribution is 0.549. The monoisotopic (exact) mass is 275 g/mol. The molecule has 6 nitrogen and oxygen atoms in total. The van der Waals surface area contributed by atoms with E-state index in [4.69, 9.17) is 0 Å². The van der Waals surface area contributed by atoms with E-state index in [0.29, 0.717) is 11.2 Å². The average Bonchev–Trinajstić information content (AvgIpc) is 3.03. The summed E-state index contributed by atoms with van der Waals surface area (Å²) < 4.78 is 4.09. The minimum atomic E-state index is -0.0222. The van der Waals surface area contributed by atoms with Crippen molar-refractivity contribution >= 4 is 21.6 Å². The van der Waals surface area contributed by atoms with Gasteiger partial charge in [0.2, 0.25) is 0 Å². The fourth-order valence-corrected chi connectivity index (χ4v) is 2.75. The Hall–Kier alpha value is -2.02. The van der Waals surface area contributed by atoms with Crippen LogP contribution in [0.2, 0.25) is 0 Å². The Bertz CT molecular complexity index is 757. The van der Waals surface area contributed by atoms with Crippen LogP contribution in [-0.2, 0) is 13.1 Å². The summed E-state index contributed by atoms with van der Waals surface area (Å²) in [5.41, 5.74) is 0.729. The van der Waals surface area contributed by atoms with Crippen molar-refractivity contribution in [2.75, 3.05) is 0 Å². The van der Waals surface area contributed by atoms with Gasteiger partial charge in [-0.05, 0) is 17.9 Å². The number of fused-ring (bicyclic) bond motifs is 1. The maximum absolute atomic E-state index is 12.3. The Balaban J connectivity index is 1.98. The first-order valence-electron chi connectivity index (χ1n) is 6.09. The highest BCUT2D eigenvalue weighted by molar-refractivity contribution is 7.17. The van der Waals surface area contributed by atoms with Gasteiger partial charge in [0.05, 0.1) is 18.4 Å². The highest BCUT2D eigenvalue weighted by Crippen LogP contribution is 2.13. The molecule has 0 atom stereocenters. The molecule has 3 rings (SSSR count). The van der Waals surface area contributed by atoms with Crippen molar-refractivity contribution in [2.24, 2.45) is 0 Å². The second-order valence-electron chi connectivity index (χ2n) is 4.21. The number of nitrogens with zero attached hydrogens (tertiary/aromatic N) is 5. The normalized spacial score (nSPS) is 11.2. The van der Waals surface area contributed by atoms with Crippen molar-refractivity contribution in [3.63, 3.8) is 0 Å². The fraction of sp³-hybridized carbons (Fsp3) is 0.333. The van der Waals surface area contributed by atoms with E-state index in [0.717, 1.165) is 24.3 Å². The molecule has 3 heterocycles. The first kappa shape index (κ1) is 12.0. The molecule has 3 aromatic rings. The summed E-state index contributed by atoms with van der Waals surface area (Å²) in [5.74, 6) is 0.779. The molecule has 0 amide bonds. The van der Waals surface area contributed by atoms with Crippen LogP contribution in [0.3, 0.4) is 0 Å². The molecule has 0 aliphatic carbocycles. The molecule has 0 N–H and O–H groups in total. The SMILES string of the molecule is CCCn1ncnc1Cn1cnc2ccsc2c1=O. The summed E-state index contributed by atoms with van der Waals surface area (Å²) in [6.45, 7) is 3.29. The molecule has 0 unspecified atom stereocenters. The number of aryl methyl sites for hydroxylation is 1. The Labute approximate surface area is 113 Å². The van der Waals surface area contributed by atoms with Crippen molar-refractivity contribution in [2.45, 2.75) is 26.4 Å². The summed E-state index contributed by atoms with van der Waals surface area (Å²) in [7, 11) is 0. The predicted molar refractivity (Wildman–Crippen MR) is 73.3 cm³/mol. The quantitative estimate of drug-likeness (QED) is 0.724. The number of hydrogen-bond acceptors (Lipinski definition) is 5. The van der Waals surface area contributed by atoms with Crippen molar-refractivity contribution in [3.8, 4) is 0 Å². The summed E-state index contributed by atoms with van der Waals surface area (Å²) >= 11 is 1.42. The molecule has 3 aromatic heterocycles. The van der Waals surface area contributed by atoms with Gasteiger partial charge in [-0.15, -0.1) is 11.3 Å². The van der Waals surface area contributed by atoms with Gasteiger partial charge < -0.3 is 0 Å². The zero-order valence-electron chi connectivity index (χ0n) is 10.5. The van der Waals surface area contributed by atoms with E-state index in [1.807, 2.05) is 16.1 Å². The smallest absolute Gasteiger partial charge is 0.271 e. The molecule has 0 aliphatic heterocycles. The summed E-state index contributed by atoms with van der Waals surface area (Å²) in [5, 5.41) is 6.03. The van der Waals surface area contributed by atoms with Gasteiger partial charge in [0.25, 0.3) is 5.56 Å². The van der Waals surface area contributed by atoms with Crippen LogP contribution >= 0.6 is 11.3 Å². The fourth-order valence-electron chi connectivity index (χ4n) is 1.95. The number of rotatable bonds is 4. The first-order valence-corrected chi connectivity index (χ1v) is 6.97. The lowest BCUT2D eigenvalue weighted by Gasteiger charge is -2.06. The van der Waals surface area contributed by atoms with E-state index < -0.39 is 0 Å². The third-order valence-corrected chi connectivity index (χ3v) is 3.77. The number of hydrogen-bond donors (Lipinski definition) is 0. The molecule has 98 valence electrons. The van der Waals surface area contributed by atoms with Gasteiger partial charge in [0.1, 0.15) is 16.9 Å². The molecule has 0 saturated heterocycles. The zero-order valence-corrected chi connectivity index (χ0v) is 11.3. The van der Waals surface area contributed by atoms with Crippen LogP contribution in [0.25, 0.3) is 10.2 Å². The van der Waals surface area contributed by atoms with Crippen LogP contribution in [0.5, 0.6) is 0 Å². The van der Waals surface area contributed by atoms with Crippen LogP contribution in [-0.4, -0.2) is 24.3 Å². The minimum Gasteiger partial charge on any atom is -0.290 e. The van der Waals surface area contributed by atoms with E-state index in [1.54, 1.807) is 10.9 Å². The van der Waals surface area contributed by atoms with Crippen LogP contribution in [0.15, 0.2) is 28.9 Å². The number of aromatic nitrogens is 5. The zero-order chi connectivity index (χ0) is 13.2. The van der Waals surface area contributed by atoms with Crippen LogP contribution in [0, 0.1) is 0 Å². The third kappa shape index (κ3) is 2.17. The molecule has 0 fully saturated rings. The largest absolute Gasteiger partial charge is 0.290 e. The van der Waals surface area contributed by atoms with Gasteiger partial charge in [-0.25, -0.2) is 14.6 Å². The Morgan fingerprint density at radius 1 is 1.37 bits per heavy atom. The predicted octanol–water partition coefficient (Wildman–Crippen LogP) is 1.51. The lowest BCUT2D eigenvalue weighted by atomic mass is 10.4. The highest BCUT2D eigenvalue weighted by atomic mass is 32.1. The topological polar surface area (TPSA) is 65.6 Å². The highest BCUT2D eigenvalue weighted by Gasteiger charge is 2.09. The van der Waals surface area contributed by atoms with Crippen molar-refractivity contribution < 1.29 is 0 Å². The summed E-state index contributed by atoms with van der Waals surface area (Å²) in [6, 6.07) is 1.85. The van der Waals surface area contributed by atoms with Gasteiger partial charge >= 0.3 is 0 Å². The standard InChI is InChI=1S/C12H13N5OS/c1-2-4-17-10(13-7-15-17)6-16-8-14-9-3-5-19-11(9)12(16)18/h3,5,7-8H,2,4,6H2,1H3. The lowest BCUT2D eigenvalue weighted by Crippen LogP contribution is -2.22. The molecular weight excluding hydrogens is 262 g/mol. The first-order chi connectivity index (χ1) is 9.29. The third-order valence-electron chi connectivity index (χ3n) is 2.88. The van der Waals surface area contributed by atoms with Crippen molar-refractivity contribution in [1.82, 2.24) is 24.3 Å². The Kier molecular flexibility index (Phi) is 3.12. The molecular formula is C12H13N5OS. The van der Waals surface area contributed by atoms with E-state index >= 15 is 0 Å². The van der Waals surface area contributed by atoms with E-state index in [9.17, 15) is 4.79 Å². The van der Waals surface area contributed by atoms with Crippen LogP contribution < -0.4 is 5.56 Å². The molecule has 19 heavy (non-hydrogen) atoms. The molecule has 0 radical (unpaired) electrons. The molecule has 0 aromatic carbocycles. The Morgan fingerprint density at radius 2 is 2.26 bits per heavy atom. The van der Waals surface area contributed by atoms with Crippen LogP contribution in [0.1, 0.15) is 19.2 Å². The van der Waals surface area contributed by atoms with E-state index in [-0.39, 0.29) is 5.56 Å². The van der Waals surface area contributed by atoms with Gasteiger partial charge in [0.15, 0.2) is 0 Å². The van der Waals surface area contributed by atoms with Crippen LogP contribution in [0.4, 0.5) is 0 Å². The summed E-state index contributed by atoms with van der Waals surface area (Å²) in [6.07, 6.45) is 4.07. The van der Waals surface area contributed by atoms with Gasteiger partial charge in [-0.1, -0.05) is 6.92 Å². The minimum absolute atomic E-state index is 0.0222. The van der Waals surface area contributed by atoms with Gasteiger partial charge in [-0.2, -0.15) is 5.10 Å². The van der Waals surface area contributed by atoms with Gasteiger partial charge in [-0.3, -0.25) is 9.36 Å². The average molecular weight is 275 g/mol. The maximum atomic E-state index is 12.3.